The van der Waals surface area contributed by atoms with E-state index in [9.17, 15) is 10.1 Å². The molecule has 0 radical (unpaired) electrons. The van der Waals surface area contributed by atoms with Gasteiger partial charge in [-0.2, -0.15) is 0 Å². The molecule has 3 saturated carbocycles. The predicted molar refractivity (Wildman–Crippen MR) is 121 cm³/mol. The van der Waals surface area contributed by atoms with E-state index in [1.807, 2.05) is 10.6 Å². The molecule has 0 spiro atoms. The number of imidazole rings is 1. The van der Waals surface area contributed by atoms with Crippen LogP contribution in [0.4, 0.5) is 5.69 Å². The van der Waals surface area contributed by atoms with Gasteiger partial charge in [-0.25, -0.2) is 9.97 Å². The van der Waals surface area contributed by atoms with E-state index < -0.39 is 0 Å². The smallest absolute Gasteiger partial charge is 0.278 e. The molecule has 8 nitrogen and oxygen atoms in total. The van der Waals surface area contributed by atoms with Crippen LogP contribution in [0.3, 0.4) is 0 Å². The molecule has 3 heterocycles. The zero-order valence-corrected chi connectivity index (χ0v) is 17.6. The highest BCUT2D eigenvalue weighted by atomic mass is 16.6. The summed E-state index contributed by atoms with van der Waals surface area (Å²) in [5.41, 5.74) is 6.13. The van der Waals surface area contributed by atoms with Crippen molar-refractivity contribution in [1.82, 2.24) is 14.5 Å². The first kappa shape index (κ1) is 18.5. The van der Waals surface area contributed by atoms with Gasteiger partial charge in [0, 0.05) is 11.6 Å². The number of fused-ring (bicyclic) bond motifs is 3. The minimum atomic E-state index is -0.338. The SMILES string of the molecule is O=[N+]([O-])c1ccccc1C1=NCc2c(-c3cnco3)ncn2-c2ccc(C34CC(C3)C4)cc21. The number of aliphatic imine (C=N–C) groups is 1. The van der Waals surface area contributed by atoms with E-state index >= 15 is 0 Å². The first-order valence-corrected chi connectivity index (χ1v) is 11.0. The van der Waals surface area contributed by atoms with Crippen LogP contribution in [0.15, 0.2) is 70.8 Å². The maximum absolute atomic E-state index is 11.8. The highest BCUT2D eigenvalue weighted by Gasteiger charge is 2.57. The third kappa shape index (κ3) is 2.54. The van der Waals surface area contributed by atoms with Crippen LogP contribution >= 0.6 is 0 Å². The zero-order chi connectivity index (χ0) is 22.2. The molecule has 8 rings (SSSR count). The van der Waals surface area contributed by atoms with Crippen LogP contribution in [0.5, 0.6) is 0 Å². The van der Waals surface area contributed by atoms with Gasteiger partial charge in [-0.05, 0) is 54.4 Å². The van der Waals surface area contributed by atoms with Crippen molar-refractivity contribution in [1.29, 1.82) is 0 Å². The topological polar surface area (TPSA) is 99.3 Å². The van der Waals surface area contributed by atoms with Crippen LogP contribution in [0.25, 0.3) is 17.1 Å². The Labute approximate surface area is 188 Å². The van der Waals surface area contributed by atoms with Crippen LogP contribution in [0.2, 0.25) is 0 Å². The van der Waals surface area contributed by atoms with Crippen LogP contribution in [-0.4, -0.2) is 25.2 Å². The molecule has 3 aliphatic carbocycles. The van der Waals surface area contributed by atoms with Gasteiger partial charge in [-0.1, -0.05) is 18.2 Å². The van der Waals surface area contributed by atoms with E-state index in [1.165, 1.54) is 37.3 Å². The van der Waals surface area contributed by atoms with Crippen molar-refractivity contribution in [2.45, 2.75) is 31.2 Å². The maximum Gasteiger partial charge on any atom is 0.278 e. The molecule has 2 aromatic heterocycles. The zero-order valence-electron chi connectivity index (χ0n) is 17.6. The highest BCUT2D eigenvalue weighted by molar-refractivity contribution is 6.17. The Hall–Kier alpha value is -4.07. The lowest BCUT2D eigenvalue weighted by molar-refractivity contribution is -0.385. The third-order valence-electron chi connectivity index (χ3n) is 7.44. The number of para-hydroxylation sites is 1. The fourth-order valence-electron chi connectivity index (χ4n) is 5.67. The van der Waals surface area contributed by atoms with Gasteiger partial charge >= 0.3 is 0 Å². The van der Waals surface area contributed by atoms with Crippen molar-refractivity contribution in [2.24, 2.45) is 10.9 Å². The van der Waals surface area contributed by atoms with Crippen molar-refractivity contribution < 1.29 is 9.34 Å². The molecule has 4 aromatic rings. The number of hydrogen-bond donors (Lipinski definition) is 0. The highest BCUT2D eigenvalue weighted by Crippen LogP contribution is 2.65. The standard InChI is InChI=1S/C25H19N5O3/c31-30(32)20-4-2-1-3-17(20)23-18-7-16(25-8-15(9-25)10-25)5-6-19(18)29-13-28-24(21(29)11-27-23)22-12-26-14-33-22/h1-7,12-15H,8-11H2. The lowest BCUT2D eigenvalue weighted by Gasteiger charge is -2.62. The van der Waals surface area contributed by atoms with E-state index in [-0.39, 0.29) is 16.0 Å². The van der Waals surface area contributed by atoms with Gasteiger partial charge < -0.3 is 4.42 Å². The van der Waals surface area contributed by atoms with Crippen LogP contribution < -0.4 is 0 Å². The van der Waals surface area contributed by atoms with Gasteiger partial charge in [0.05, 0.1) is 40.3 Å². The molecule has 1 aliphatic heterocycles. The fraction of sp³-hybridized carbons (Fsp3) is 0.240. The van der Waals surface area contributed by atoms with Gasteiger partial charge in [0.2, 0.25) is 0 Å². The van der Waals surface area contributed by atoms with E-state index in [2.05, 4.69) is 28.2 Å². The number of hydrogen-bond acceptors (Lipinski definition) is 6. The van der Waals surface area contributed by atoms with Gasteiger partial charge in [-0.15, -0.1) is 0 Å². The van der Waals surface area contributed by atoms with Crippen LogP contribution in [0, 0.1) is 16.0 Å². The van der Waals surface area contributed by atoms with Crippen LogP contribution in [-0.2, 0) is 12.0 Å². The molecule has 0 atom stereocenters. The minimum Gasteiger partial charge on any atom is -0.442 e. The van der Waals surface area contributed by atoms with E-state index in [4.69, 9.17) is 9.41 Å². The van der Waals surface area contributed by atoms with Gasteiger partial charge in [0.25, 0.3) is 5.69 Å². The molecule has 2 aromatic carbocycles. The second-order valence-corrected chi connectivity index (χ2v) is 9.21. The minimum absolute atomic E-state index is 0.0540. The predicted octanol–water partition coefficient (Wildman–Crippen LogP) is 4.84. The number of oxazole rings is 1. The molecule has 8 heteroatoms. The summed E-state index contributed by atoms with van der Waals surface area (Å²) in [6.07, 6.45) is 8.48. The average Bonchev–Trinajstić information content (AvgIpc) is 3.39. The summed E-state index contributed by atoms with van der Waals surface area (Å²) < 4.78 is 7.52. The summed E-state index contributed by atoms with van der Waals surface area (Å²) in [5, 5.41) is 11.8. The second kappa shape index (κ2) is 6.48. The summed E-state index contributed by atoms with van der Waals surface area (Å²) >= 11 is 0. The molecular weight excluding hydrogens is 418 g/mol. The number of benzene rings is 2. The van der Waals surface area contributed by atoms with Crippen LogP contribution in [0.1, 0.15) is 41.6 Å². The summed E-state index contributed by atoms with van der Waals surface area (Å²) in [7, 11) is 0. The summed E-state index contributed by atoms with van der Waals surface area (Å²) in [5.74, 6) is 1.43. The van der Waals surface area contributed by atoms with Gasteiger partial charge in [0.15, 0.2) is 12.2 Å². The third-order valence-corrected chi connectivity index (χ3v) is 7.44. The molecule has 0 saturated heterocycles. The molecule has 2 bridgehead atoms. The van der Waals surface area contributed by atoms with E-state index in [0.29, 0.717) is 29.3 Å². The summed E-state index contributed by atoms with van der Waals surface area (Å²) in [4.78, 5) is 25.0. The molecular formula is C25H19N5O3. The lowest BCUT2D eigenvalue weighted by Crippen LogP contribution is -2.55. The lowest BCUT2D eigenvalue weighted by atomic mass is 9.42. The number of rotatable bonds is 4. The van der Waals surface area contributed by atoms with Gasteiger partial charge in [-0.3, -0.25) is 19.7 Å². The average molecular weight is 437 g/mol. The number of nitrogens with zero attached hydrogens (tertiary/aromatic N) is 5. The maximum atomic E-state index is 11.8. The Balaban J connectivity index is 1.47. The molecule has 0 unspecified atom stereocenters. The first-order chi connectivity index (χ1) is 16.1. The molecule has 0 N–H and O–H groups in total. The van der Waals surface area contributed by atoms with E-state index in [1.54, 1.807) is 24.7 Å². The van der Waals surface area contributed by atoms with Crippen molar-refractivity contribution in [3.05, 3.63) is 93.9 Å². The monoisotopic (exact) mass is 437 g/mol. The Morgan fingerprint density at radius 3 is 2.70 bits per heavy atom. The fourth-order valence-corrected chi connectivity index (χ4v) is 5.67. The van der Waals surface area contributed by atoms with Crippen molar-refractivity contribution in [3.8, 4) is 17.1 Å². The van der Waals surface area contributed by atoms with Crippen molar-refractivity contribution in [2.75, 3.05) is 0 Å². The molecule has 33 heavy (non-hydrogen) atoms. The summed E-state index contributed by atoms with van der Waals surface area (Å²) in [6, 6.07) is 13.3. The number of aromatic nitrogens is 3. The Bertz CT molecular complexity index is 1450. The van der Waals surface area contributed by atoms with E-state index in [0.717, 1.165) is 22.9 Å². The van der Waals surface area contributed by atoms with Crippen molar-refractivity contribution in [3.63, 3.8) is 0 Å². The number of nitro groups is 1. The Kier molecular flexibility index (Phi) is 3.63. The molecule has 3 fully saturated rings. The molecule has 0 amide bonds. The normalized spacial score (nSPS) is 22.3. The van der Waals surface area contributed by atoms with Crippen molar-refractivity contribution >= 4 is 11.4 Å². The van der Waals surface area contributed by atoms with Gasteiger partial charge in [0.1, 0.15) is 12.0 Å². The number of nitro benzene ring substituents is 1. The Morgan fingerprint density at radius 2 is 1.97 bits per heavy atom. The quantitative estimate of drug-likeness (QED) is 0.336. The first-order valence-electron chi connectivity index (χ1n) is 11.0. The second-order valence-electron chi connectivity index (χ2n) is 9.21. The summed E-state index contributed by atoms with van der Waals surface area (Å²) in [6.45, 7) is 0.314. The molecule has 162 valence electrons. The Morgan fingerprint density at radius 1 is 1.12 bits per heavy atom. The molecule has 4 aliphatic rings. The largest absolute Gasteiger partial charge is 0.442 e.